The van der Waals surface area contributed by atoms with Gasteiger partial charge in [0.1, 0.15) is 6.61 Å². The number of ether oxygens (including phenoxy) is 2. The Morgan fingerprint density at radius 2 is 1.85 bits per heavy atom. The summed E-state index contributed by atoms with van der Waals surface area (Å²) in [6, 6.07) is 26.5. The van der Waals surface area contributed by atoms with Gasteiger partial charge in [0.2, 0.25) is 5.13 Å². The quantitative estimate of drug-likeness (QED) is 0.130. The van der Waals surface area contributed by atoms with Crippen LogP contribution in [0.25, 0.3) is 21.0 Å². The first kappa shape index (κ1) is 21.7. The maximum atomic E-state index is 6.21. The summed E-state index contributed by atoms with van der Waals surface area (Å²) in [5, 5.41) is 7.50. The molecule has 33 heavy (non-hydrogen) atoms. The molecule has 0 unspecified atom stereocenters. The predicted octanol–water partition coefficient (Wildman–Crippen LogP) is 7.09. The first-order chi connectivity index (χ1) is 16.2. The van der Waals surface area contributed by atoms with Gasteiger partial charge >= 0.3 is 0 Å². The van der Waals surface area contributed by atoms with E-state index in [1.807, 2.05) is 48.5 Å². The normalized spacial score (nSPS) is 11.3. The number of nitrogens with one attached hydrogen (secondary N) is 1. The van der Waals surface area contributed by atoms with Gasteiger partial charge in [-0.3, -0.25) is 5.43 Å². The lowest BCUT2D eigenvalue weighted by Crippen LogP contribution is -2.01. The van der Waals surface area contributed by atoms with Crippen LogP contribution in [0.2, 0.25) is 0 Å². The molecule has 1 heterocycles. The molecule has 5 rings (SSSR count). The summed E-state index contributed by atoms with van der Waals surface area (Å²) in [7, 11) is 1.65. The van der Waals surface area contributed by atoms with Crippen LogP contribution in [0, 0.1) is 3.57 Å². The van der Waals surface area contributed by atoms with E-state index in [1.54, 1.807) is 24.7 Å². The number of anilines is 1. The van der Waals surface area contributed by atoms with Crippen LogP contribution in [-0.2, 0) is 6.61 Å². The van der Waals surface area contributed by atoms with Crippen LogP contribution < -0.4 is 14.9 Å². The van der Waals surface area contributed by atoms with Crippen LogP contribution >= 0.6 is 33.9 Å². The van der Waals surface area contributed by atoms with Crippen LogP contribution in [-0.4, -0.2) is 18.3 Å². The van der Waals surface area contributed by atoms with E-state index < -0.39 is 0 Å². The molecular weight excluding hydrogens is 545 g/mol. The van der Waals surface area contributed by atoms with Gasteiger partial charge in [0.25, 0.3) is 0 Å². The number of rotatable bonds is 7. The number of nitrogens with zero attached hydrogens (tertiary/aromatic N) is 2. The van der Waals surface area contributed by atoms with Crippen molar-refractivity contribution in [3.63, 3.8) is 0 Å². The standard InChI is InChI=1S/C26H20IN3O2S/c1-31-23-14-17(15-28-30-26-29-22-11-4-5-12-24(22)33-26)13-21(27)25(23)32-16-19-9-6-8-18-7-2-3-10-20(18)19/h2-15H,16H2,1H3,(H,29,30)/b28-15+. The molecule has 5 nitrogen and oxygen atoms in total. The molecule has 0 atom stereocenters. The van der Waals surface area contributed by atoms with Gasteiger partial charge in [0.05, 0.1) is 27.1 Å². The Kier molecular flexibility index (Phi) is 6.41. The molecule has 0 saturated heterocycles. The maximum absolute atomic E-state index is 6.21. The van der Waals surface area contributed by atoms with Crippen molar-refractivity contribution in [3.8, 4) is 11.5 Å². The third-order valence-electron chi connectivity index (χ3n) is 5.17. The number of hydrogen-bond donors (Lipinski definition) is 1. The third-order valence-corrected chi connectivity index (χ3v) is 6.91. The van der Waals surface area contributed by atoms with Gasteiger partial charge < -0.3 is 9.47 Å². The molecule has 0 aliphatic carbocycles. The smallest absolute Gasteiger partial charge is 0.204 e. The van der Waals surface area contributed by atoms with Crippen molar-refractivity contribution < 1.29 is 9.47 Å². The lowest BCUT2D eigenvalue weighted by molar-refractivity contribution is 0.283. The van der Waals surface area contributed by atoms with Crippen molar-refractivity contribution in [2.45, 2.75) is 6.61 Å². The number of hydrazone groups is 1. The van der Waals surface area contributed by atoms with Gasteiger partial charge in [-0.05, 0) is 68.8 Å². The van der Waals surface area contributed by atoms with E-state index in [4.69, 9.17) is 9.47 Å². The second-order valence-corrected chi connectivity index (χ2v) is 9.51. The zero-order valence-corrected chi connectivity index (χ0v) is 20.8. The van der Waals surface area contributed by atoms with Crippen LogP contribution in [0.3, 0.4) is 0 Å². The summed E-state index contributed by atoms with van der Waals surface area (Å²) in [4.78, 5) is 4.53. The van der Waals surface area contributed by atoms with E-state index in [1.165, 1.54) is 10.8 Å². The average molecular weight is 565 g/mol. The van der Waals surface area contributed by atoms with E-state index in [2.05, 4.69) is 68.4 Å². The monoisotopic (exact) mass is 565 g/mol. The van der Waals surface area contributed by atoms with E-state index in [0.29, 0.717) is 12.4 Å². The van der Waals surface area contributed by atoms with Crippen molar-refractivity contribution >= 4 is 66.3 Å². The molecular formula is C26H20IN3O2S. The number of benzene rings is 4. The van der Waals surface area contributed by atoms with E-state index in [-0.39, 0.29) is 0 Å². The SMILES string of the molecule is COc1cc(/C=N/Nc2nc3ccccc3s2)cc(I)c1OCc1cccc2ccccc12. The van der Waals surface area contributed by atoms with Crippen LogP contribution in [0.1, 0.15) is 11.1 Å². The van der Waals surface area contributed by atoms with Crippen molar-refractivity contribution in [2.75, 3.05) is 12.5 Å². The molecule has 0 fully saturated rings. The minimum atomic E-state index is 0.459. The number of methoxy groups -OCH3 is 1. The number of hydrogen-bond acceptors (Lipinski definition) is 6. The summed E-state index contributed by atoms with van der Waals surface area (Å²) < 4.78 is 13.9. The van der Waals surface area contributed by atoms with Crippen LogP contribution in [0.4, 0.5) is 5.13 Å². The minimum absolute atomic E-state index is 0.459. The minimum Gasteiger partial charge on any atom is -0.493 e. The maximum Gasteiger partial charge on any atom is 0.204 e. The fraction of sp³-hybridized carbons (Fsp3) is 0.0769. The highest BCUT2D eigenvalue weighted by Crippen LogP contribution is 2.35. The molecule has 164 valence electrons. The number of thiazole rings is 1. The van der Waals surface area contributed by atoms with Crippen molar-refractivity contribution in [2.24, 2.45) is 5.10 Å². The number of halogens is 1. The summed E-state index contributed by atoms with van der Waals surface area (Å²) >= 11 is 3.84. The Bertz CT molecular complexity index is 1430. The van der Waals surface area contributed by atoms with Gasteiger partial charge in [-0.25, -0.2) is 4.98 Å². The van der Waals surface area contributed by atoms with E-state index in [9.17, 15) is 0 Å². The van der Waals surface area contributed by atoms with Gasteiger partial charge in [-0.15, -0.1) is 0 Å². The highest BCUT2D eigenvalue weighted by atomic mass is 127. The number of para-hydroxylation sites is 1. The van der Waals surface area contributed by atoms with Gasteiger partial charge in [-0.2, -0.15) is 5.10 Å². The highest BCUT2D eigenvalue weighted by Gasteiger charge is 2.12. The summed E-state index contributed by atoms with van der Waals surface area (Å²) in [5.41, 5.74) is 6.02. The Morgan fingerprint density at radius 3 is 2.73 bits per heavy atom. The van der Waals surface area contributed by atoms with Gasteiger partial charge in [0.15, 0.2) is 11.5 Å². The zero-order valence-electron chi connectivity index (χ0n) is 17.8. The lowest BCUT2D eigenvalue weighted by Gasteiger charge is -2.14. The lowest BCUT2D eigenvalue weighted by atomic mass is 10.1. The van der Waals surface area contributed by atoms with E-state index in [0.717, 1.165) is 35.8 Å². The molecule has 0 aliphatic heterocycles. The molecule has 1 aromatic heterocycles. The number of fused-ring (bicyclic) bond motifs is 2. The van der Waals surface area contributed by atoms with Crippen molar-refractivity contribution in [1.29, 1.82) is 0 Å². The van der Waals surface area contributed by atoms with E-state index >= 15 is 0 Å². The number of aromatic nitrogens is 1. The largest absolute Gasteiger partial charge is 0.493 e. The zero-order chi connectivity index (χ0) is 22.6. The fourth-order valence-corrected chi connectivity index (χ4v) is 5.20. The van der Waals surface area contributed by atoms with Gasteiger partial charge in [-0.1, -0.05) is 65.9 Å². The molecule has 0 amide bonds. The second-order valence-electron chi connectivity index (χ2n) is 7.32. The second kappa shape index (κ2) is 9.76. The summed E-state index contributed by atoms with van der Waals surface area (Å²) in [6.45, 7) is 0.459. The molecule has 0 bridgehead atoms. The predicted molar refractivity (Wildman–Crippen MR) is 145 cm³/mol. The van der Waals surface area contributed by atoms with Crippen molar-refractivity contribution in [3.05, 3.63) is 93.6 Å². The first-order valence-electron chi connectivity index (χ1n) is 10.3. The molecule has 5 aromatic rings. The average Bonchev–Trinajstić information content (AvgIpc) is 3.26. The molecule has 0 spiro atoms. The molecule has 0 radical (unpaired) electrons. The first-order valence-corrected chi connectivity index (χ1v) is 12.2. The molecule has 1 N–H and O–H groups in total. The molecule has 7 heteroatoms. The molecule has 4 aromatic carbocycles. The highest BCUT2D eigenvalue weighted by molar-refractivity contribution is 14.1. The summed E-state index contributed by atoms with van der Waals surface area (Å²) in [5.74, 6) is 1.39. The molecule has 0 saturated carbocycles. The Morgan fingerprint density at radius 1 is 1.03 bits per heavy atom. The van der Waals surface area contributed by atoms with Crippen LogP contribution in [0.5, 0.6) is 11.5 Å². The topological polar surface area (TPSA) is 55.7 Å². The molecule has 0 aliphatic rings. The van der Waals surface area contributed by atoms with Gasteiger partial charge in [0, 0.05) is 0 Å². The Labute approximate surface area is 209 Å². The summed E-state index contributed by atoms with van der Waals surface area (Å²) in [6.07, 6.45) is 1.76. The van der Waals surface area contributed by atoms with Crippen LogP contribution in [0.15, 0.2) is 84.0 Å². The fourth-order valence-electron chi connectivity index (χ4n) is 3.60. The van der Waals surface area contributed by atoms with Crippen molar-refractivity contribution in [1.82, 2.24) is 4.98 Å². The Balaban J connectivity index is 1.32. The third kappa shape index (κ3) is 4.79. The Hall–Kier alpha value is -3.17.